The summed E-state index contributed by atoms with van der Waals surface area (Å²) in [5, 5.41) is 10.7. The number of amides is 2. The topological polar surface area (TPSA) is 111 Å². The third kappa shape index (κ3) is 5.53. The Morgan fingerprint density at radius 2 is 1.89 bits per heavy atom. The number of carbonyl (C=O) groups excluding carboxylic acids is 2. The van der Waals surface area contributed by atoms with Crippen LogP contribution in [0.4, 0.5) is 5.69 Å². The number of rotatable bonds is 6. The lowest BCUT2D eigenvalue weighted by atomic mass is 10.0. The number of ether oxygens (including phenoxy) is 1. The first-order valence-electron chi connectivity index (χ1n) is 8.35. The summed E-state index contributed by atoms with van der Waals surface area (Å²) in [6, 6.07) is 11.0. The summed E-state index contributed by atoms with van der Waals surface area (Å²) in [5.74, 6) is -0.287. The fourth-order valence-corrected chi connectivity index (χ4v) is 2.27. The molecule has 0 aliphatic carbocycles. The minimum absolute atomic E-state index is 0.0610. The molecule has 0 saturated carbocycles. The van der Waals surface area contributed by atoms with Crippen LogP contribution in [-0.4, -0.2) is 23.3 Å². The molecule has 0 fully saturated rings. The lowest BCUT2D eigenvalue weighted by molar-refractivity contribution is -0.384. The summed E-state index contributed by atoms with van der Waals surface area (Å²) in [5.41, 5.74) is 6.27. The maximum Gasteiger partial charge on any atom is 0.276 e. The number of nitro groups is 1. The number of nitrogens with one attached hydrogen (secondary N) is 2. The van der Waals surface area contributed by atoms with Gasteiger partial charge in [0.15, 0.2) is 6.61 Å². The van der Waals surface area contributed by atoms with Crippen molar-refractivity contribution in [3.8, 4) is 5.75 Å². The van der Waals surface area contributed by atoms with Gasteiger partial charge in [0.25, 0.3) is 17.5 Å². The molecule has 2 N–H and O–H groups in total. The van der Waals surface area contributed by atoms with Crippen LogP contribution in [0.15, 0.2) is 42.5 Å². The molecular formula is C19H21N3O5. The highest BCUT2D eigenvalue weighted by Gasteiger charge is 2.13. The molecule has 0 heterocycles. The minimum Gasteiger partial charge on any atom is -0.483 e. The number of hydrogen-bond donors (Lipinski definition) is 2. The Balaban J connectivity index is 1.89. The summed E-state index contributed by atoms with van der Waals surface area (Å²) >= 11 is 0. The Bertz CT molecular complexity index is 864. The molecule has 0 unspecified atom stereocenters. The number of aryl methyl sites for hydroxylation is 1. The van der Waals surface area contributed by atoms with Crippen LogP contribution in [0.2, 0.25) is 0 Å². The van der Waals surface area contributed by atoms with Crippen molar-refractivity contribution >= 4 is 17.5 Å². The van der Waals surface area contributed by atoms with Crippen LogP contribution < -0.4 is 15.6 Å². The molecule has 0 saturated heterocycles. The second kappa shape index (κ2) is 8.79. The van der Waals surface area contributed by atoms with Gasteiger partial charge in [-0.25, -0.2) is 0 Å². The lowest BCUT2D eigenvalue weighted by Gasteiger charge is -2.13. The second-order valence-electron chi connectivity index (χ2n) is 6.28. The average molecular weight is 371 g/mol. The van der Waals surface area contributed by atoms with Gasteiger partial charge in [-0.15, -0.1) is 0 Å². The predicted molar refractivity (Wildman–Crippen MR) is 99.5 cm³/mol. The molecule has 0 atom stereocenters. The largest absolute Gasteiger partial charge is 0.483 e. The SMILES string of the molecule is Cc1ccc(C(C)C)cc1OCC(=O)NNC(=O)c1cccc([N+](=O)[O-])c1. The van der Waals surface area contributed by atoms with Crippen molar-refractivity contribution in [1.82, 2.24) is 10.9 Å². The van der Waals surface area contributed by atoms with Gasteiger partial charge in [0.1, 0.15) is 5.75 Å². The molecular weight excluding hydrogens is 350 g/mol. The van der Waals surface area contributed by atoms with Crippen molar-refractivity contribution in [1.29, 1.82) is 0 Å². The first-order chi connectivity index (χ1) is 12.8. The number of non-ortho nitro benzene ring substituents is 1. The highest BCUT2D eigenvalue weighted by molar-refractivity contribution is 5.96. The number of benzene rings is 2. The number of hydrogen-bond acceptors (Lipinski definition) is 5. The van der Waals surface area contributed by atoms with Crippen LogP contribution in [0.5, 0.6) is 5.75 Å². The van der Waals surface area contributed by atoms with Crippen molar-refractivity contribution in [2.45, 2.75) is 26.7 Å². The Kier molecular flexibility index (Phi) is 6.48. The fourth-order valence-electron chi connectivity index (χ4n) is 2.27. The van der Waals surface area contributed by atoms with Crippen molar-refractivity contribution in [2.24, 2.45) is 0 Å². The molecule has 27 heavy (non-hydrogen) atoms. The number of hydrazine groups is 1. The molecule has 0 bridgehead atoms. The highest BCUT2D eigenvalue weighted by Crippen LogP contribution is 2.24. The molecule has 2 amide bonds. The van der Waals surface area contributed by atoms with Gasteiger partial charge in [0.05, 0.1) is 4.92 Å². The third-order valence-electron chi connectivity index (χ3n) is 3.87. The Labute approximate surface area is 156 Å². The van der Waals surface area contributed by atoms with Gasteiger partial charge >= 0.3 is 0 Å². The number of nitrogens with zero attached hydrogens (tertiary/aromatic N) is 1. The van der Waals surface area contributed by atoms with Crippen LogP contribution in [0, 0.1) is 17.0 Å². The third-order valence-corrected chi connectivity index (χ3v) is 3.87. The normalized spacial score (nSPS) is 10.4. The van der Waals surface area contributed by atoms with Crippen molar-refractivity contribution in [2.75, 3.05) is 6.61 Å². The summed E-state index contributed by atoms with van der Waals surface area (Å²) in [4.78, 5) is 34.0. The summed E-state index contributed by atoms with van der Waals surface area (Å²) in [7, 11) is 0. The molecule has 0 aromatic heterocycles. The smallest absolute Gasteiger partial charge is 0.276 e. The zero-order chi connectivity index (χ0) is 20.0. The maximum absolute atomic E-state index is 12.0. The number of carbonyl (C=O) groups is 2. The van der Waals surface area contributed by atoms with Crippen molar-refractivity contribution in [3.63, 3.8) is 0 Å². The monoisotopic (exact) mass is 371 g/mol. The summed E-state index contributed by atoms with van der Waals surface area (Å²) < 4.78 is 5.53. The van der Waals surface area contributed by atoms with E-state index in [9.17, 15) is 19.7 Å². The second-order valence-corrected chi connectivity index (χ2v) is 6.28. The van der Waals surface area contributed by atoms with Gasteiger partial charge in [0, 0.05) is 17.7 Å². The lowest BCUT2D eigenvalue weighted by Crippen LogP contribution is -2.43. The van der Waals surface area contributed by atoms with E-state index >= 15 is 0 Å². The highest BCUT2D eigenvalue weighted by atomic mass is 16.6. The van der Waals surface area contributed by atoms with Crippen LogP contribution >= 0.6 is 0 Å². The van der Waals surface area contributed by atoms with Gasteiger partial charge in [0.2, 0.25) is 0 Å². The molecule has 0 aliphatic rings. The Hall–Kier alpha value is -3.42. The average Bonchev–Trinajstić information content (AvgIpc) is 2.65. The molecule has 8 nitrogen and oxygen atoms in total. The van der Waals surface area contributed by atoms with E-state index in [1.54, 1.807) is 0 Å². The van der Waals surface area contributed by atoms with E-state index in [0.29, 0.717) is 11.7 Å². The van der Waals surface area contributed by atoms with Crippen LogP contribution in [-0.2, 0) is 4.79 Å². The zero-order valence-corrected chi connectivity index (χ0v) is 15.3. The van der Waals surface area contributed by atoms with Crippen LogP contribution in [0.3, 0.4) is 0 Å². The van der Waals surface area contributed by atoms with Crippen molar-refractivity contribution < 1.29 is 19.2 Å². The van der Waals surface area contributed by atoms with Gasteiger partial charge < -0.3 is 4.74 Å². The molecule has 0 spiro atoms. The zero-order valence-electron chi connectivity index (χ0n) is 15.3. The van der Waals surface area contributed by atoms with Gasteiger partial charge in [-0.05, 0) is 36.1 Å². The van der Waals surface area contributed by atoms with Crippen LogP contribution in [0.25, 0.3) is 0 Å². The van der Waals surface area contributed by atoms with Crippen molar-refractivity contribution in [3.05, 3.63) is 69.3 Å². The molecule has 2 aromatic carbocycles. The Morgan fingerprint density at radius 1 is 1.15 bits per heavy atom. The van der Waals surface area contributed by atoms with Gasteiger partial charge in [-0.3, -0.25) is 30.6 Å². The molecule has 0 aliphatic heterocycles. The van der Waals surface area contributed by atoms with E-state index in [1.807, 2.05) is 25.1 Å². The molecule has 2 aromatic rings. The summed E-state index contributed by atoms with van der Waals surface area (Å²) in [6.45, 7) is 5.72. The van der Waals surface area contributed by atoms with E-state index < -0.39 is 16.7 Å². The quantitative estimate of drug-likeness (QED) is 0.599. The van der Waals surface area contributed by atoms with E-state index in [2.05, 4.69) is 24.7 Å². The molecule has 2 rings (SSSR count). The first-order valence-corrected chi connectivity index (χ1v) is 8.35. The van der Waals surface area contributed by atoms with Gasteiger partial charge in [-0.2, -0.15) is 0 Å². The van der Waals surface area contributed by atoms with Crippen LogP contribution in [0.1, 0.15) is 41.3 Å². The first kappa shape index (κ1) is 19.9. The molecule has 0 radical (unpaired) electrons. The number of nitro benzene ring substituents is 1. The molecule has 142 valence electrons. The maximum atomic E-state index is 12.0. The Morgan fingerprint density at radius 3 is 2.56 bits per heavy atom. The van der Waals surface area contributed by atoms with E-state index in [0.717, 1.165) is 17.2 Å². The summed E-state index contributed by atoms with van der Waals surface area (Å²) in [6.07, 6.45) is 0. The predicted octanol–water partition coefficient (Wildman–Crippen LogP) is 2.87. The molecule has 8 heteroatoms. The minimum atomic E-state index is -0.662. The van der Waals surface area contributed by atoms with E-state index in [1.165, 1.54) is 18.2 Å². The van der Waals surface area contributed by atoms with E-state index in [4.69, 9.17) is 4.74 Å². The van der Waals surface area contributed by atoms with Gasteiger partial charge in [-0.1, -0.05) is 32.0 Å². The standard InChI is InChI=1S/C19H21N3O5/c1-12(2)14-8-7-13(3)17(10-14)27-11-18(23)20-21-19(24)15-5-4-6-16(9-15)22(25)26/h4-10,12H,11H2,1-3H3,(H,20,23)(H,21,24). The fraction of sp³-hybridized carbons (Fsp3) is 0.263. The van der Waals surface area contributed by atoms with E-state index in [-0.39, 0.29) is 17.9 Å².